The molecule has 0 heterocycles. The van der Waals surface area contributed by atoms with E-state index < -0.39 is 0 Å². The normalized spacial score (nSPS) is 15.8. The molecule has 1 N–H and O–H groups in total. The van der Waals surface area contributed by atoms with Crippen LogP contribution in [-0.4, -0.2) is 11.9 Å². The Labute approximate surface area is 142 Å². The zero-order valence-corrected chi connectivity index (χ0v) is 14.8. The number of nitrogens with zero attached hydrogens (tertiary/aromatic N) is 1. The highest BCUT2D eigenvalue weighted by molar-refractivity contribution is 6.02. The van der Waals surface area contributed by atoms with Gasteiger partial charge in [0.1, 0.15) is 5.84 Å². The maximum atomic E-state index is 4.80. The van der Waals surface area contributed by atoms with E-state index in [4.69, 9.17) is 4.99 Å². The van der Waals surface area contributed by atoms with Crippen LogP contribution in [0.5, 0.6) is 0 Å². The summed E-state index contributed by atoms with van der Waals surface area (Å²) in [7, 11) is 0. The molecular formula is C21H30N2. The van der Waals surface area contributed by atoms with Crippen molar-refractivity contribution in [2.24, 2.45) is 4.99 Å². The Kier molecular flexibility index (Phi) is 12.0. The lowest BCUT2D eigenvalue weighted by Crippen LogP contribution is -2.24. The Bertz CT molecular complexity index is 528. The predicted molar refractivity (Wildman–Crippen MR) is 106 cm³/mol. The molecule has 0 aromatic heterocycles. The van der Waals surface area contributed by atoms with Crippen LogP contribution in [0.4, 0.5) is 0 Å². The smallest absolute Gasteiger partial charge is 0.132 e. The molecule has 0 saturated carbocycles. The van der Waals surface area contributed by atoms with Gasteiger partial charge in [-0.25, -0.2) is 0 Å². The first-order chi connectivity index (χ1) is 11.1. The lowest BCUT2D eigenvalue weighted by molar-refractivity contribution is 0.754. The summed E-state index contributed by atoms with van der Waals surface area (Å²) in [4.78, 5) is 4.80. The van der Waals surface area contributed by atoms with E-state index in [-0.39, 0.29) is 6.04 Å². The highest BCUT2D eigenvalue weighted by Crippen LogP contribution is 2.09. The van der Waals surface area contributed by atoms with Gasteiger partial charge in [-0.15, -0.1) is 13.2 Å². The van der Waals surface area contributed by atoms with Crippen molar-refractivity contribution in [3.63, 3.8) is 0 Å². The molecule has 0 aromatic carbocycles. The lowest BCUT2D eigenvalue weighted by atomic mass is 10.1. The van der Waals surface area contributed by atoms with Crippen molar-refractivity contribution in [2.45, 2.75) is 39.7 Å². The van der Waals surface area contributed by atoms with Crippen molar-refractivity contribution < 1.29 is 0 Å². The minimum Gasteiger partial charge on any atom is -0.344 e. The Morgan fingerprint density at radius 3 is 2.74 bits per heavy atom. The van der Waals surface area contributed by atoms with Crippen LogP contribution >= 0.6 is 0 Å². The molecule has 1 aliphatic rings. The van der Waals surface area contributed by atoms with Crippen LogP contribution in [0.3, 0.4) is 0 Å². The van der Waals surface area contributed by atoms with Gasteiger partial charge in [0.05, 0.1) is 6.04 Å². The maximum absolute atomic E-state index is 4.80. The Morgan fingerprint density at radius 2 is 2.09 bits per heavy atom. The summed E-state index contributed by atoms with van der Waals surface area (Å²) in [5.41, 5.74) is 1.99. The van der Waals surface area contributed by atoms with Gasteiger partial charge in [-0.1, -0.05) is 61.3 Å². The molecule has 2 heteroatoms. The fourth-order valence-corrected chi connectivity index (χ4v) is 1.86. The Morgan fingerprint density at radius 1 is 1.35 bits per heavy atom. The van der Waals surface area contributed by atoms with Crippen LogP contribution in [0.1, 0.15) is 33.6 Å². The van der Waals surface area contributed by atoms with E-state index in [2.05, 4.69) is 74.5 Å². The summed E-state index contributed by atoms with van der Waals surface area (Å²) >= 11 is 0. The summed E-state index contributed by atoms with van der Waals surface area (Å²) in [6.07, 6.45) is 20.7. The third kappa shape index (κ3) is 10.1. The zero-order chi connectivity index (χ0) is 17.5. The number of hydrogen-bond acceptors (Lipinski definition) is 1. The molecule has 0 bridgehead atoms. The van der Waals surface area contributed by atoms with Gasteiger partial charge >= 0.3 is 0 Å². The molecular weight excluding hydrogens is 280 g/mol. The van der Waals surface area contributed by atoms with Gasteiger partial charge in [0.25, 0.3) is 0 Å². The van der Waals surface area contributed by atoms with E-state index in [1.165, 1.54) is 0 Å². The summed E-state index contributed by atoms with van der Waals surface area (Å²) in [6, 6.07) is 0.217. The second kappa shape index (κ2) is 13.3. The monoisotopic (exact) mass is 310 g/mol. The molecule has 0 saturated heterocycles. The Balaban J connectivity index is 0.00000232. The molecule has 1 atom stereocenters. The van der Waals surface area contributed by atoms with Crippen LogP contribution in [0.25, 0.3) is 0 Å². The number of allylic oxidation sites excluding steroid dienone is 8. The van der Waals surface area contributed by atoms with E-state index in [9.17, 15) is 0 Å². The standard InChI is InChI=1S/C19H26N2.C2H4/c1-5-6-7-10-13-17(4)21-19(20-16(2)3)18-14-11-8-9-12-15-18;1-2/h5-8,10-12,14-15,17H,2,9,13H2,1,3-4H3,(H,20,21);1-2H2/b6-5-,10-7-;. The van der Waals surface area contributed by atoms with Crippen LogP contribution in [0, 0.1) is 0 Å². The van der Waals surface area contributed by atoms with Gasteiger partial charge in [0, 0.05) is 11.3 Å². The van der Waals surface area contributed by atoms with Gasteiger partial charge in [-0.3, -0.25) is 4.99 Å². The second-order valence-corrected chi connectivity index (χ2v) is 5.11. The highest BCUT2D eigenvalue weighted by atomic mass is 15.0. The van der Waals surface area contributed by atoms with E-state index in [1.54, 1.807) is 0 Å². The fourth-order valence-electron chi connectivity index (χ4n) is 1.86. The summed E-state index contributed by atoms with van der Waals surface area (Å²) in [5.74, 6) is 0.886. The van der Waals surface area contributed by atoms with E-state index in [1.807, 2.05) is 26.0 Å². The zero-order valence-electron chi connectivity index (χ0n) is 14.8. The minimum absolute atomic E-state index is 0.217. The number of nitrogens with one attached hydrogen (secondary N) is 1. The quantitative estimate of drug-likeness (QED) is 0.291. The van der Waals surface area contributed by atoms with Crippen LogP contribution in [0.2, 0.25) is 0 Å². The van der Waals surface area contributed by atoms with Gasteiger partial charge in [0.2, 0.25) is 0 Å². The van der Waals surface area contributed by atoms with Crippen molar-refractivity contribution in [2.75, 3.05) is 0 Å². The van der Waals surface area contributed by atoms with Crippen LogP contribution in [-0.2, 0) is 0 Å². The average molecular weight is 310 g/mol. The lowest BCUT2D eigenvalue weighted by Gasteiger charge is -2.13. The van der Waals surface area contributed by atoms with E-state index in [0.29, 0.717) is 0 Å². The number of amidine groups is 1. The molecule has 23 heavy (non-hydrogen) atoms. The third-order valence-electron chi connectivity index (χ3n) is 2.85. The first-order valence-electron chi connectivity index (χ1n) is 7.95. The molecule has 124 valence electrons. The second-order valence-electron chi connectivity index (χ2n) is 5.11. The van der Waals surface area contributed by atoms with Crippen molar-refractivity contribution in [1.29, 1.82) is 0 Å². The van der Waals surface area contributed by atoms with Crippen molar-refractivity contribution in [1.82, 2.24) is 5.32 Å². The summed E-state index contributed by atoms with van der Waals surface area (Å²) in [6.45, 7) is 16.0. The summed E-state index contributed by atoms with van der Waals surface area (Å²) in [5, 5.41) is 3.27. The maximum Gasteiger partial charge on any atom is 0.132 e. The van der Waals surface area contributed by atoms with Crippen LogP contribution in [0.15, 0.2) is 90.7 Å². The SMILES string of the molecule is C=C.C=C(C)NC(=NC(C)C/C=C\C=C/C)C1=CC=CCC=C1. The molecule has 0 aliphatic heterocycles. The number of rotatable bonds is 6. The van der Waals surface area contributed by atoms with Crippen LogP contribution < -0.4 is 5.32 Å². The van der Waals surface area contributed by atoms with Gasteiger partial charge in [-0.05, 0) is 33.6 Å². The Hall–Kier alpha value is -2.35. The van der Waals surface area contributed by atoms with E-state index >= 15 is 0 Å². The largest absolute Gasteiger partial charge is 0.344 e. The first kappa shape index (κ1) is 20.7. The predicted octanol–water partition coefficient (Wildman–Crippen LogP) is 5.66. The molecule has 0 spiro atoms. The number of hydrogen-bond donors (Lipinski definition) is 1. The number of aliphatic imine (C=N–C) groups is 1. The highest BCUT2D eigenvalue weighted by Gasteiger charge is 2.07. The molecule has 0 fully saturated rings. The minimum atomic E-state index is 0.217. The molecule has 1 unspecified atom stereocenters. The third-order valence-corrected chi connectivity index (χ3v) is 2.85. The average Bonchev–Trinajstić information content (AvgIpc) is 2.82. The molecule has 0 radical (unpaired) electrons. The van der Waals surface area contributed by atoms with Gasteiger partial charge in [0.15, 0.2) is 0 Å². The molecule has 1 aliphatic carbocycles. The molecule has 0 aromatic rings. The molecule has 2 nitrogen and oxygen atoms in total. The first-order valence-corrected chi connectivity index (χ1v) is 7.95. The van der Waals surface area contributed by atoms with Crippen molar-refractivity contribution >= 4 is 5.84 Å². The fraction of sp³-hybridized carbons (Fsp3) is 0.286. The molecule has 1 rings (SSSR count). The summed E-state index contributed by atoms with van der Waals surface area (Å²) < 4.78 is 0. The van der Waals surface area contributed by atoms with E-state index in [0.717, 1.165) is 29.9 Å². The van der Waals surface area contributed by atoms with Gasteiger partial charge < -0.3 is 5.32 Å². The topological polar surface area (TPSA) is 24.4 Å². The van der Waals surface area contributed by atoms with Crippen molar-refractivity contribution in [3.05, 3.63) is 85.7 Å². The van der Waals surface area contributed by atoms with Crippen molar-refractivity contribution in [3.8, 4) is 0 Å². The van der Waals surface area contributed by atoms with Gasteiger partial charge in [-0.2, -0.15) is 0 Å². The molecule has 0 amide bonds.